The molecule has 1 aromatic rings. The molecule has 0 aliphatic carbocycles. The number of nitrogens with two attached hydrogens (primary N) is 1. The molecule has 15 heteroatoms. The van der Waals surface area contributed by atoms with Crippen molar-refractivity contribution in [1.29, 1.82) is 0 Å². The van der Waals surface area contributed by atoms with Crippen molar-refractivity contribution in [3.8, 4) is 0 Å². The van der Waals surface area contributed by atoms with E-state index in [0.29, 0.717) is 17.7 Å². The maximum Gasteiger partial charge on any atom is 0.313 e. The number of Topliss-reactive ketones (excluding diaryl/α,β-unsaturated/α-hetero) is 4. The zero-order valence-electron chi connectivity index (χ0n) is 39.5. The SMILES string of the molecule is C[C@H](C[C@H](C)[C@@H]1OC(=O)CC(=O)CCCC(=O)CCC[C@@H](O)C[C@@H](O)CC(=O)C[C@H](O)[C@H](C(=O)O)[C@@H](O)C[C@H](O)C=CC=CC=CC=CC=CC=CC=C[C@@H]1C)[C@H](O)CC(=O)c1ccc(N)cc1. The van der Waals surface area contributed by atoms with Gasteiger partial charge in [0.25, 0.3) is 0 Å². The third-order valence-electron chi connectivity index (χ3n) is 11.6. The zero-order chi connectivity index (χ0) is 50.6. The number of aliphatic hydroxyl groups excluding tert-OH is 6. The lowest BCUT2D eigenvalue weighted by atomic mass is 9.83. The zero-order valence-corrected chi connectivity index (χ0v) is 39.5. The van der Waals surface area contributed by atoms with Gasteiger partial charge in [-0.15, -0.1) is 0 Å². The maximum atomic E-state index is 13.2. The van der Waals surface area contributed by atoms with Crippen molar-refractivity contribution >= 4 is 40.8 Å². The minimum atomic E-state index is -1.82. The Hall–Kier alpha value is -5.42. The highest BCUT2D eigenvalue weighted by Crippen LogP contribution is 2.28. The van der Waals surface area contributed by atoms with Crippen molar-refractivity contribution in [3.63, 3.8) is 0 Å². The van der Waals surface area contributed by atoms with Crippen LogP contribution in [0.1, 0.15) is 115 Å². The summed E-state index contributed by atoms with van der Waals surface area (Å²) in [5, 5.41) is 72.9. The second-order valence-corrected chi connectivity index (χ2v) is 17.8. The molecule has 1 aromatic carbocycles. The van der Waals surface area contributed by atoms with Crippen LogP contribution < -0.4 is 5.73 Å². The van der Waals surface area contributed by atoms with Crippen molar-refractivity contribution in [2.45, 2.75) is 147 Å². The molecule has 15 nitrogen and oxygen atoms in total. The highest BCUT2D eigenvalue weighted by molar-refractivity contribution is 5.97. The van der Waals surface area contributed by atoms with Crippen LogP contribution in [0.5, 0.6) is 0 Å². The molecule has 11 atom stereocenters. The highest BCUT2D eigenvalue weighted by Gasteiger charge is 2.36. The molecule has 0 amide bonds. The second kappa shape index (κ2) is 32.4. The molecule has 0 bridgehead atoms. The van der Waals surface area contributed by atoms with Crippen molar-refractivity contribution < 1.29 is 69.2 Å². The first-order chi connectivity index (χ1) is 32.3. The number of anilines is 1. The summed E-state index contributed by atoms with van der Waals surface area (Å²) in [6, 6.07) is 6.47. The van der Waals surface area contributed by atoms with E-state index in [1.54, 1.807) is 85.0 Å². The van der Waals surface area contributed by atoms with E-state index in [-0.39, 0.29) is 80.7 Å². The molecule has 1 heterocycles. The molecule has 9 N–H and O–H groups in total. The number of aliphatic hydroxyl groups is 6. The Bertz CT molecular complexity index is 1960. The van der Waals surface area contributed by atoms with Gasteiger partial charge in [-0.1, -0.05) is 106 Å². The number of carboxylic acids is 1. The molecular weight excluding hydrogens is 875 g/mol. The van der Waals surface area contributed by atoms with Gasteiger partial charge in [-0.2, -0.15) is 0 Å². The van der Waals surface area contributed by atoms with E-state index < -0.39 is 97.8 Å². The van der Waals surface area contributed by atoms with Gasteiger partial charge < -0.3 is 46.2 Å². The van der Waals surface area contributed by atoms with Gasteiger partial charge in [0.1, 0.15) is 35.8 Å². The number of benzene rings is 1. The van der Waals surface area contributed by atoms with E-state index in [2.05, 4.69) is 0 Å². The lowest BCUT2D eigenvalue weighted by Gasteiger charge is -2.31. The number of ketones is 4. The predicted octanol–water partition coefficient (Wildman–Crippen LogP) is 5.82. The number of carboxylic acid groups (broad SMARTS) is 1. The minimum Gasteiger partial charge on any atom is -0.481 e. The standard InChI is InChI=1S/C53H73NO14/c1-35-18-14-12-10-8-6-4-5-7-9-11-13-15-19-42(57)31-48(63)51(53(66)67)49(64)32-45(60)30-44(59)29-41(56)22-16-20-40(55)21-17-23-43(58)33-50(65)68-52(35)37(3)28-36(2)46(61)34-47(62)38-24-26-39(54)27-25-38/h4-15,18-19,24-27,35-37,41-42,44,46,48-49,51-52,56-57,59,61,63-64H,16-17,20-23,28-34,54H2,1-3H3,(H,66,67)/t35-,36+,37-,41+,42+,44+,46+,48-,49-,51+,52+/m0/s1. The average Bonchev–Trinajstić information content (AvgIpc) is 3.24. The summed E-state index contributed by atoms with van der Waals surface area (Å²) in [5.74, 6) is -6.53. The average molecular weight is 948 g/mol. The summed E-state index contributed by atoms with van der Waals surface area (Å²) < 4.78 is 5.94. The first-order valence-electron chi connectivity index (χ1n) is 23.4. The third-order valence-corrected chi connectivity index (χ3v) is 11.6. The van der Waals surface area contributed by atoms with Gasteiger partial charge in [-0.05, 0) is 68.2 Å². The number of aliphatic carboxylic acids is 1. The monoisotopic (exact) mass is 948 g/mol. The van der Waals surface area contributed by atoms with Crippen LogP contribution in [0.3, 0.4) is 0 Å². The molecule has 0 fully saturated rings. The first-order valence-corrected chi connectivity index (χ1v) is 23.4. The van der Waals surface area contributed by atoms with Crippen LogP contribution in [0.4, 0.5) is 5.69 Å². The molecule has 0 saturated carbocycles. The van der Waals surface area contributed by atoms with Gasteiger partial charge >= 0.3 is 11.9 Å². The number of carbonyl (C=O) groups is 6. The topological polar surface area (TPSA) is 279 Å². The largest absolute Gasteiger partial charge is 0.481 e. The quantitative estimate of drug-likeness (QED) is 0.0660. The van der Waals surface area contributed by atoms with Gasteiger partial charge in [-0.3, -0.25) is 28.8 Å². The summed E-state index contributed by atoms with van der Waals surface area (Å²) in [6.07, 6.45) is 13.9. The van der Waals surface area contributed by atoms with E-state index in [0.717, 1.165) is 0 Å². The molecule has 1 aliphatic rings. The number of cyclic esters (lactones) is 1. The van der Waals surface area contributed by atoms with Gasteiger partial charge in [0.15, 0.2) is 5.78 Å². The second-order valence-electron chi connectivity index (χ2n) is 17.8. The van der Waals surface area contributed by atoms with E-state index >= 15 is 0 Å². The molecule has 0 saturated heterocycles. The van der Waals surface area contributed by atoms with Crippen LogP contribution in [0.25, 0.3) is 0 Å². The molecular formula is C53H73NO14. The molecule has 1 aliphatic heterocycles. The summed E-state index contributed by atoms with van der Waals surface area (Å²) in [6.45, 7) is 5.59. The number of esters is 1. The normalized spacial score (nSPS) is 27.1. The number of nitrogen functional groups attached to an aromatic ring is 1. The summed E-state index contributed by atoms with van der Waals surface area (Å²) in [4.78, 5) is 76.0. The van der Waals surface area contributed by atoms with Crippen LogP contribution in [0.2, 0.25) is 0 Å². The molecule has 0 radical (unpaired) electrons. The Balaban J connectivity index is 2.19. The van der Waals surface area contributed by atoms with Gasteiger partial charge in [0.2, 0.25) is 0 Å². The van der Waals surface area contributed by atoms with E-state index in [1.165, 1.54) is 12.2 Å². The Morgan fingerprint density at radius 1 is 0.691 bits per heavy atom. The van der Waals surface area contributed by atoms with Crippen LogP contribution in [0.15, 0.2) is 109 Å². The fraction of sp³-hybridized carbons (Fsp3) is 0.509. The molecule has 0 spiro atoms. The van der Waals surface area contributed by atoms with Crippen LogP contribution in [0, 0.1) is 23.7 Å². The number of allylic oxidation sites excluding steroid dienone is 12. The molecule has 2 rings (SSSR count). The fourth-order valence-corrected chi connectivity index (χ4v) is 7.85. The molecule has 0 aromatic heterocycles. The van der Waals surface area contributed by atoms with Crippen molar-refractivity contribution in [3.05, 3.63) is 115 Å². The Kier molecular flexibility index (Phi) is 27.9. The van der Waals surface area contributed by atoms with E-state index in [9.17, 15) is 64.5 Å². The van der Waals surface area contributed by atoms with Gasteiger partial charge in [0.05, 0.1) is 36.6 Å². The minimum absolute atomic E-state index is 0.0361. The summed E-state index contributed by atoms with van der Waals surface area (Å²) in [5.41, 5.74) is 6.70. The lowest BCUT2D eigenvalue weighted by molar-refractivity contribution is -0.156. The number of hydrogen-bond donors (Lipinski definition) is 8. The predicted molar refractivity (Wildman–Crippen MR) is 259 cm³/mol. The molecule has 374 valence electrons. The lowest BCUT2D eigenvalue weighted by Crippen LogP contribution is -2.41. The van der Waals surface area contributed by atoms with Crippen LogP contribution in [-0.4, -0.2) is 114 Å². The van der Waals surface area contributed by atoms with E-state index in [1.807, 2.05) is 32.9 Å². The van der Waals surface area contributed by atoms with Crippen molar-refractivity contribution in [2.24, 2.45) is 23.7 Å². The summed E-state index contributed by atoms with van der Waals surface area (Å²) in [7, 11) is 0. The van der Waals surface area contributed by atoms with Crippen molar-refractivity contribution in [1.82, 2.24) is 0 Å². The Labute approximate surface area is 400 Å². The number of rotatable bonds is 8. The number of ether oxygens (including phenoxy) is 1. The van der Waals surface area contributed by atoms with E-state index in [4.69, 9.17) is 10.5 Å². The van der Waals surface area contributed by atoms with Gasteiger partial charge in [0, 0.05) is 62.1 Å². The smallest absolute Gasteiger partial charge is 0.313 e. The van der Waals surface area contributed by atoms with Crippen LogP contribution >= 0.6 is 0 Å². The van der Waals surface area contributed by atoms with Crippen LogP contribution in [-0.2, 0) is 28.7 Å². The maximum absolute atomic E-state index is 13.2. The first kappa shape index (κ1) is 58.7. The highest BCUT2D eigenvalue weighted by atomic mass is 16.5. The Morgan fingerprint density at radius 3 is 1.82 bits per heavy atom. The molecule has 0 unspecified atom stereocenters. The summed E-state index contributed by atoms with van der Waals surface area (Å²) >= 11 is 0. The number of carbonyl (C=O) groups excluding carboxylic acids is 5. The molecule has 68 heavy (non-hydrogen) atoms. The van der Waals surface area contributed by atoms with Gasteiger partial charge in [-0.25, -0.2) is 0 Å². The van der Waals surface area contributed by atoms with Crippen molar-refractivity contribution in [2.75, 3.05) is 5.73 Å². The number of hydrogen-bond acceptors (Lipinski definition) is 14. The Morgan fingerprint density at radius 2 is 1.24 bits per heavy atom. The fourth-order valence-electron chi connectivity index (χ4n) is 7.85. The third kappa shape index (κ3) is 24.6.